The molecule has 102 heavy (non-hydrogen) atoms. The molecule has 3 saturated heterocycles. The molecule has 3 aliphatic heterocycles. The standard InChI is InChI=1S/C26H31N5O5.C25H28ClN5O4.C22H21ClN4O4/c1-27(2)13-6-14-30-22-8-5-4-7-21(22)23(24(26(30)33)31(34)35)28-15-17-29(18-16-28)25(32)19-9-11-20(36-3)12-10-19;1-27(2)12-5-13-30-21-7-4-3-6-20(21)22(23(25(30)33)31(34)35)28-14-16-29(17-15-28)24(32)18-8-10-19(26)11-9-18;1-14-3-8-18-17(13-14)19(20(27(30)31)22(29)24(18)2)25-9-11-26(12-10-25)21(28)15-4-6-16(23)7-5-15/h4-5,7-12H,6,13-18H2,1-3H3;3-4,6-11H,5,12-17H2,1-2H3;3-8,13H,9-12H2,1-2H3. The van der Waals surface area contributed by atoms with Gasteiger partial charge in [-0.25, -0.2) is 0 Å². The van der Waals surface area contributed by atoms with Crippen LogP contribution in [0.1, 0.15) is 49.5 Å². The minimum atomic E-state index is -0.643. The number of carbonyl (C=O) groups excluding carboxylic acids is 3. The number of aryl methyl sites for hydroxylation is 4. The molecule has 534 valence electrons. The van der Waals surface area contributed by atoms with Crippen LogP contribution in [0, 0.1) is 37.3 Å². The molecule has 0 N–H and O–H groups in total. The fourth-order valence-corrected chi connectivity index (χ4v) is 13.5. The number of aromatic nitrogens is 3. The number of anilines is 3. The third-order valence-corrected chi connectivity index (χ3v) is 18.9. The van der Waals surface area contributed by atoms with Gasteiger partial charge in [0.1, 0.15) is 22.8 Å². The smallest absolute Gasteiger partial charge is 0.357 e. The zero-order chi connectivity index (χ0) is 73.2. The summed E-state index contributed by atoms with van der Waals surface area (Å²) in [4.78, 5) is 127. The number of pyridine rings is 3. The molecule has 0 bridgehead atoms. The zero-order valence-electron chi connectivity index (χ0n) is 57.8. The lowest BCUT2D eigenvalue weighted by Gasteiger charge is -2.36. The first-order valence-corrected chi connectivity index (χ1v) is 34.1. The monoisotopic (exact) mass is 1430 g/mol. The topological polar surface area (TPSA) is 282 Å². The number of methoxy groups -OCH3 is 1. The van der Waals surface area contributed by atoms with Gasteiger partial charge < -0.3 is 57.6 Å². The predicted molar refractivity (Wildman–Crippen MR) is 397 cm³/mol. The van der Waals surface area contributed by atoms with E-state index in [9.17, 15) is 59.1 Å². The molecule has 0 saturated carbocycles. The van der Waals surface area contributed by atoms with Crippen LogP contribution in [0.25, 0.3) is 32.7 Å². The van der Waals surface area contributed by atoms with E-state index < -0.39 is 48.5 Å². The van der Waals surface area contributed by atoms with E-state index in [0.717, 1.165) is 18.7 Å². The van der Waals surface area contributed by atoms with E-state index in [1.807, 2.05) is 120 Å². The Balaban J connectivity index is 0.000000165. The highest BCUT2D eigenvalue weighted by Crippen LogP contribution is 2.38. The molecule has 12 rings (SSSR count). The van der Waals surface area contributed by atoms with Crippen LogP contribution in [0.2, 0.25) is 10.0 Å². The van der Waals surface area contributed by atoms with Gasteiger partial charge in [0.25, 0.3) is 17.7 Å². The number of hydrogen-bond donors (Lipinski definition) is 0. The number of carbonyl (C=O) groups is 3. The first kappa shape index (κ1) is 74.0. The largest absolute Gasteiger partial charge is 0.497 e. The van der Waals surface area contributed by atoms with Gasteiger partial charge in [-0.05, 0) is 158 Å². The first-order chi connectivity index (χ1) is 48.9. The van der Waals surface area contributed by atoms with Gasteiger partial charge >= 0.3 is 33.7 Å². The van der Waals surface area contributed by atoms with E-state index in [0.29, 0.717) is 187 Å². The second-order valence-corrected chi connectivity index (χ2v) is 26.5. The van der Waals surface area contributed by atoms with Crippen molar-refractivity contribution in [2.45, 2.75) is 32.9 Å². The third kappa shape index (κ3) is 16.3. The fraction of sp³-hybridized carbons (Fsp3) is 0.342. The Morgan fingerprint density at radius 3 is 1.13 bits per heavy atom. The molecule has 6 heterocycles. The quantitative estimate of drug-likeness (QED) is 0.0570. The second-order valence-electron chi connectivity index (χ2n) is 25.6. The Kier molecular flexibility index (Phi) is 23.7. The number of halogens is 2. The Morgan fingerprint density at radius 1 is 0.451 bits per heavy atom. The van der Waals surface area contributed by atoms with Crippen molar-refractivity contribution in [3.05, 3.63) is 233 Å². The van der Waals surface area contributed by atoms with Gasteiger partial charge in [0.05, 0.1) is 38.4 Å². The molecular formula is C73H80Cl2N14O13. The Hall–Kier alpha value is -10.7. The molecule has 9 aromatic rings. The van der Waals surface area contributed by atoms with Crippen LogP contribution in [0.15, 0.2) is 154 Å². The van der Waals surface area contributed by atoms with E-state index in [1.54, 1.807) is 108 Å². The van der Waals surface area contributed by atoms with E-state index in [2.05, 4.69) is 0 Å². The number of hydrogen-bond acceptors (Lipinski definition) is 18. The van der Waals surface area contributed by atoms with E-state index in [-0.39, 0.29) is 17.7 Å². The van der Waals surface area contributed by atoms with E-state index >= 15 is 0 Å². The molecule has 0 atom stereocenters. The van der Waals surface area contributed by atoms with Gasteiger partial charge in [-0.1, -0.05) is 71.2 Å². The summed E-state index contributed by atoms with van der Waals surface area (Å²) < 4.78 is 9.51. The highest BCUT2D eigenvalue weighted by Gasteiger charge is 2.36. The average Bonchev–Trinajstić information content (AvgIpc) is 0.767. The summed E-state index contributed by atoms with van der Waals surface area (Å²) in [5, 5.41) is 39.2. The van der Waals surface area contributed by atoms with Crippen LogP contribution in [0.4, 0.5) is 34.1 Å². The lowest BCUT2D eigenvalue weighted by atomic mass is 10.1. The van der Waals surface area contributed by atoms with E-state index in [1.165, 1.54) is 13.7 Å². The minimum Gasteiger partial charge on any atom is -0.497 e. The van der Waals surface area contributed by atoms with Crippen LogP contribution in [0.3, 0.4) is 0 Å². The third-order valence-electron chi connectivity index (χ3n) is 18.4. The number of benzene rings is 6. The molecule has 3 fully saturated rings. The lowest BCUT2D eigenvalue weighted by molar-refractivity contribution is -0.385. The highest BCUT2D eigenvalue weighted by atomic mass is 35.5. The number of fused-ring (bicyclic) bond motifs is 3. The van der Waals surface area contributed by atoms with Gasteiger partial charge in [0.15, 0.2) is 0 Å². The maximum Gasteiger partial charge on any atom is 0.357 e. The summed E-state index contributed by atoms with van der Waals surface area (Å²) >= 11 is 11.8. The van der Waals surface area contributed by atoms with Crippen molar-refractivity contribution in [3.63, 3.8) is 0 Å². The van der Waals surface area contributed by atoms with Gasteiger partial charge in [0, 0.05) is 142 Å². The van der Waals surface area contributed by atoms with Gasteiger partial charge in [-0.3, -0.25) is 59.1 Å². The fourth-order valence-electron chi connectivity index (χ4n) is 13.2. The van der Waals surface area contributed by atoms with Crippen molar-refractivity contribution in [3.8, 4) is 5.75 Å². The van der Waals surface area contributed by atoms with Gasteiger partial charge in [-0.15, -0.1) is 0 Å². The summed E-state index contributed by atoms with van der Waals surface area (Å²) in [6, 6.07) is 40.5. The number of nitro groups is 3. The summed E-state index contributed by atoms with van der Waals surface area (Å²) in [7, 11) is 10.9. The molecule has 6 aromatic carbocycles. The summed E-state index contributed by atoms with van der Waals surface area (Å²) in [5.41, 5.74) is 2.48. The number of piperazine rings is 3. The SMILES string of the molecule is CN(C)CCCn1c(=O)c([N+](=O)[O-])c(N2CCN(C(=O)c3ccc(Cl)cc3)CC2)c2ccccc21.COc1ccc(C(=O)N2CCN(c3c([N+](=O)[O-])c(=O)n(CCCN(C)C)c4ccccc34)CC2)cc1.Cc1ccc2c(c1)c(N1CCN(C(=O)c3ccc(Cl)cc3)CC1)c([N+](=O)[O-])c(=O)n2C. The zero-order valence-corrected chi connectivity index (χ0v) is 59.3. The number of rotatable bonds is 18. The van der Waals surface area contributed by atoms with Crippen LogP contribution in [0.5, 0.6) is 5.75 Å². The molecule has 3 aliphatic rings. The van der Waals surface area contributed by atoms with Crippen LogP contribution in [-0.2, 0) is 20.1 Å². The summed E-state index contributed by atoms with van der Waals surface area (Å²) in [6.45, 7) is 8.86. The molecule has 0 aliphatic carbocycles. The Labute approximate surface area is 597 Å². The molecule has 0 radical (unpaired) electrons. The summed E-state index contributed by atoms with van der Waals surface area (Å²) in [5.74, 6) is 0.340. The van der Waals surface area contributed by atoms with Crippen LogP contribution in [-0.4, -0.2) is 198 Å². The lowest BCUT2D eigenvalue weighted by Crippen LogP contribution is -2.49. The summed E-state index contributed by atoms with van der Waals surface area (Å²) in [6.07, 6.45) is 1.39. The maximum absolute atomic E-state index is 13.4. The molecule has 0 spiro atoms. The number of para-hydroxylation sites is 2. The maximum atomic E-state index is 13.4. The van der Waals surface area contributed by atoms with Crippen molar-refractivity contribution in [1.82, 2.24) is 38.2 Å². The van der Waals surface area contributed by atoms with Crippen LogP contribution >= 0.6 is 23.2 Å². The minimum absolute atomic E-state index is 0.104. The molecule has 3 aromatic heterocycles. The normalized spacial score (nSPS) is 14.0. The molecule has 27 nitrogen and oxygen atoms in total. The highest BCUT2D eigenvalue weighted by molar-refractivity contribution is 6.31. The van der Waals surface area contributed by atoms with Crippen molar-refractivity contribution in [2.24, 2.45) is 7.05 Å². The predicted octanol–water partition coefficient (Wildman–Crippen LogP) is 9.68. The van der Waals surface area contributed by atoms with Crippen molar-refractivity contribution in [1.29, 1.82) is 0 Å². The Morgan fingerprint density at radius 2 is 0.784 bits per heavy atom. The van der Waals surface area contributed by atoms with Gasteiger partial charge in [-0.2, -0.15) is 0 Å². The number of nitrogens with zero attached hydrogens (tertiary/aromatic N) is 14. The van der Waals surface area contributed by atoms with Crippen molar-refractivity contribution in [2.75, 3.05) is 142 Å². The Bertz CT molecular complexity index is 4810. The van der Waals surface area contributed by atoms with E-state index in [4.69, 9.17) is 27.9 Å². The first-order valence-electron chi connectivity index (χ1n) is 33.3. The van der Waals surface area contributed by atoms with Crippen LogP contribution < -0.4 is 36.1 Å². The molecule has 0 unspecified atom stereocenters. The van der Waals surface area contributed by atoms with Crippen molar-refractivity contribution >= 4 is 108 Å². The average molecular weight is 1430 g/mol. The number of amides is 3. The number of ether oxygens (including phenoxy) is 1. The molecule has 29 heteroatoms. The molecular weight excluding hydrogens is 1350 g/mol. The van der Waals surface area contributed by atoms with Gasteiger partial charge in [0.2, 0.25) is 0 Å². The molecule has 3 amide bonds. The van der Waals surface area contributed by atoms with Crippen molar-refractivity contribution < 1.29 is 33.9 Å². The second kappa shape index (κ2) is 32.7.